The first-order chi connectivity index (χ1) is 16.0. The smallest absolute Gasteiger partial charge is 0.279 e. The van der Waals surface area contributed by atoms with Gasteiger partial charge in [0.15, 0.2) is 6.10 Å². The number of rotatable bonds is 7. The predicted molar refractivity (Wildman–Crippen MR) is 124 cm³/mol. The number of hydrazine groups is 1. The Labute approximate surface area is 191 Å². The molecular weight excluding hydrogens is 420 g/mol. The number of para-hydroxylation sites is 2. The van der Waals surface area contributed by atoms with Gasteiger partial charge in [-0.25, -0.2) is 4.98 Å². The summed E-state index contributed by atoms with van der Waals surface area (Å²) in [7, 11) is 0. The van der Waals surface area contributed by atoms with Crippen LogP contribution in [0.4, 0.5) is 0 Å². The molecule has 33 heavy (non-hydrogen) atoms. The third-order valence-corrected chi connectivity index (χ3v) is 4.98. The van der Waals surface area contributed by atoms with Gasteiger partial charge < -0.3 is 9.47 Å². The number of fused-ring (bicyclic) bond motifs is 1. The third kappa shape index (κ3) is 5.12. The second-order valence-electron chi connectivity index (χ2n) is 7.26. The van der Waals surface area contributed by atoms with Gasteiger partial charge in [0, 0.05) is 11.3 Å². The number of aromatic nitrogens is 2. The Balaban J connectivity index is 1.32. The van der Waals surface area contributed by atoms with Crippen LogP contribution in [0.5, 0.6) is 11.5 Å². The van der Waals surface area contributed by atoms with Gasteiger partial charge >= 0.3 is 0 Å². The lowest BCUT2D eigenvalue weighted by Crippen LogP contribution is -2.47. The van der Waals surface area contributed by atoms with E-state index in [4.69, 9.17) is 9.47 Å². The van der Waals surface area contributed by atoms with Gasteiger partial charge in [0.05, 0.1) is 17.6 Å². The van der Waals surface area contributed by atoms with Crippen molar-refractivity contribution < 1.29 is 19.1 Å². The van der Waals surface area contributed by atoms with E-state index in [2.05, 4.69) is 15.8 Å². The van der Waals surface area contributed by atoms with Crippen LogP contribution in [0.3, 0.4) is 0 Å². The Morgan fingerprint density at radius 1 is 0.939 bits per heavy atom. The highest BCUT2D eigenvalue weighted by Crippen LogP contribution is 2.19. The van der Waals surface area contributed by atoms with Crippen LogP contribution in [0.1, 0.15) is 24.2 Å². The number of nitrogens with zero attached hydrogens (tertiary/aromatic N) is 2. The molecule has 0 aliphatic rings. The lowest BCUT2D eigenvalue weighted by molar-refractivity contribution is -0.128. The fourth-order valence-electron chi connectivity index (χ4n) is 3.27. The number of hydrogen-bond donors (Lipinski definition) is 2. The lowest BCUT2D eigenvalue weighted by Gasteiger charge is -2.15. The van der Waals surface area contributed by atoms with E-state index in [1.165, 1.54) is 0 Å². The maximum absolute atomic E-state index is 12.4. The molecule has 0 fully saturated rings. The molecule has 2 amide bonds. The average molecular weight is 444 g/mol. The second-order valence-corrected chi connectivity index (χ2v) is 7.26. The predicted octanol–water partition coefficient (Wildman–Crippen LogP) is 3.65. The van der Waals surface area contributed by atoms with E-state index >= 15 is 0 Å². The molecule has 2 N–H and O–H groups in total. The molecule has 4 rings (SSSR count). The summed E-state index contributed by atoms with van der Waals surface area (Å²) in [6, 6.07) is 21.8. The fourth-order valence-corrected chi connectivity index (χ4v) is 3.27. The van der Waals surface area contributed by atoms with E-state index in [9.17, 15) is 9.59 Å². The molecule has 1 heterocycles. The molecule has 8 heteroatoms. The molecule has 0 saturated heterocycles. The number of ether oxygens (including phenoxy) is 2. The first-order valence-electron chi connectivity index (χ1n) is 10.6. The summed E-state index contributed by atoms with van der Waals surface area (Å²) in [5.41, 5.74) is 7.96. The normalized spacial score (nSPS) is 11.6. The molecule has 1 unspecified atom stereocenters. The number of benzene rings is 3. The zero-order valence-corrected chi connectivity index (χ0v) is 18.3. The van der Waals surface area contributed by atoms with Crippen molar-refractivity contribution in [3.8, 4) is 17.2 Å². The molecule has 0 bridgehead atoms. The highest BCUT2D eigenvalue weighted by atomic mass is 16.5. The second kappa shape index (κ2) is 9.86. The number of imidazole rings is 1. The van der Waals surface area contributed by atoms with E-state index < -0.39 is 17.9 Å². The Morgan fingerprint density at radius 2 is 1.64 bits per heavy atom. The molecule has 0 spiro atoms. The average Bonchev–Trinajstić information content (AvgIpc) is 3.28. The number of carbonyl (C=O) groups excluding carboxylic acids is 2. The Hall–Kier alpha value is -4.33. The molecule has 8 nitrogen and oxygen atoms in total. The standard InChI is InChI=1S/C25H24N4O4/c1-3-32-20-12-14-21(15-13-20)33-17(2)24(30)27-28-25(31)18-8-10-19(11-9-18)29-16-26-22-6-4-5-7-23(22)29/h4-17H,3H2,1-2H3,(H,27,30)(H,28,31). The van der Waals surface area contributed by atoms with Crippen LogP contribution in [0.15, 0.2) is 79.1 Å². The van der Waals surface area contributed by atoms with Crippen molar-refractivity contribution in [2.75, 3.05) is 6.61 Å². The molecule has 1 atom stereocenters. The number of hydrogen-bond acceptors (Lipinski definition) is 5. The van der Waals surface area contributed by atoms with Gasteiger partial charge in [-0.1, -0.05) is 12.1 Å². The zero-order valence-electron chi connectivity index (χ0n) is 18.3. The lowest BCUT2D eigenvalue weighted by atomic mass is 10.2. The Morgan fingerprint density at radius 3 is 2.36 bits per heavy atom. The number of carbonyl (C=O) groups is 2. The van der Waals surface area contributed by atoms with Crippen molar-refractivity contribution in [3.05, 3.63) is 84.7 Å². The van der Waals surface area contributed by atoms with E-state index in [0.717, 1.165) is 22.5 Å². The van der Waals surface area contributed by atoms with Crippen molar-refractivity contribution in [1.82, 2.24) is 20.4 Å². The van der Waals surface area contributed by atoms with Crippen LogP contribution >= 0.6 is 0 Å². The molecule has 168 valence electrons. The van der Waals surface area contributed by atoms with Gasteiger partial charge in [-0.2, -0.15) is 0 Å². The molecule has 4 aromatic rings. The maximum atomic E-state index is 12.4. The van der Waals surface area contributed by atoms with Crippen molar-refractivity contribution in [3.63, 3.8) is 0 Å². The largest absolute Gasteiger partial charge is 0.494 e. The van der Waals surface area contributed by atoms with Crippen LogP contribution in [-0.4, -0.2) is 34.1 Å². The minimum atomic E-state index is -0.805. The quantitative estimate of drug-likeness (QED) is 0.425. The molecular formula is C25H24N4O4. The SMILES string of the molecule is CCOc1ccc(OC(C)C(=O)NNC(=O)c2ccc(-n3cnc4ccccc43)cc2)cc1. The summed E-state index contributed by atoms with van der Waals surface area (Å²) in [6.07, 6.45) is 0.936. The monoisotopic (exact) mass is 444 g/mol. The first-order valence-corrected chi connectivity index (χ1v) is 10.6. The van der Waals surface area contributed by atoms with Crippen LogP contribution in [0, 0.1) is 0 Å². The molecule has 0 saturated carbocycles. The fraction of sp³-hybridized carbons (Fsp3) is 0.160. The van der Waals surface area contributed by atoms with Gasteiger partial charge in [-0.3, -0.25) is 25.0 Å². The minimum Gasteiger partial charge on any atom is -0.494 e. The van der Waals surface area contributed by atoms with Crippen LogP contribution in [0.2, 0.25) is 0 Å². The highest BCUT2D eigenvalue weighted by molar-refractivity contribution is 5.96. The van der Waals surface area contributed by atoms with Crippen molar-refractivity contribution in [2.24, 2.45) is 0 Å². The van der Waals surface area contributed by atoms with Gasteiger partial charge in [0.2, 0.25) is 0 Å². The first kappa shape index (κ1) is 21.9. The van der Waals surface area contributed by atoms with Gasteiger partial charge in [-0.15, -0.1) is 0 Å². The Kier molecular flexibility index (Phi) is 6.54. The molecule has 0 aliphatic carbocycles. The van der Waals surface area contributed by atoms with Crippen LogP contribution in [0.25, 0.3) is 16.7 Å². The Bertz CT molecular complexity index is 1250. The minimum absolute atomic E-state index is 0.406. The maximum Gasteiger partial charge on any atom is 0.279 e. The summed E-state index contributed by atoms with van der Waals surface area (Å²) in [4.78, 5) is 29.1. The van der Waals surface area contributed by atoms with Crippen molar-refractivity contribution in [2.45, 2.75) is 20.0 Å². The van der Waals surface area contributed by atoms with E-state index in [1.807, 2.05) is 47.9 Å². The molecule has 1 aromatic heterocycles. The van der Waals surface area contributed by atoms with Crippen LogP contribution < -0.4 is 20.3 Å². The topological polar surface area (TPSA) is 94.5 Å². The van der Waals surface area contributed by atoms with Gasteiger partial charge in [0.1, 0.15) is 17.8 Å². The summed E-state index contributed by atoms with van der Waals surface area (Å²) in [6.45, 7) is 4.07. The van der Waals surface area contributed by atoms with Crippen LogP contribution in [-0.2, 0) is 4.79 Å². The van der Waals surface area contributed by atoms with E-state index in [-0.39, 0.29) is 0 Å². The summed E-state index contributed by atoms with van der Waals surface area (Å²) in [5.74, 6) is 0.342. The third-order valence-electron chi connectivity index (χ3n) is 4.98. The molecule has 3 aromatic carbocycles. The summed E-state index contributed by atoms with van der Waals surface area (Å²) >= 11 is 0. The highest BCUT2D eigenvalue weighted by Gasteiger charge is 2.16. The van der Waals surface area contributed by atoms with E-state index in [0.29, 0.717) is 17.9 Å². The van der Waals surface area contributed by atoms with Crippen molar-refractivity contribution >= 4 is 22.8 Å². The zero-order chi connectivity index (χ0) is 23.2. The summed E-state index contributed by atoms with van der Waals surface area (Å²) < 4.78 is 12.9. The van der Waals surface area contributed by atoms with Crippen molar-refractivity contribution in [1.29, 1.82) is 0 Å². The van der Waals surface area contributed by atoms with Gasteiger partial charge in [0.25, 0.3) is 11.8 Å². The van der Waals surface area contributed by atoms with Gasteiger partial charge in [-0.05, 0) is 74.5 Å². The molecule has 0 radical (unpaired) electrons. The summed E-state index contributed by atoms with van der Waals surface area (Å²) in [5, 5.41) is 0. The number of amides is 2. The number of nitrogens with one attached hydrogen (secondary N) is 2. The molecule has 0 aliphatic heterocycles. The van der Waals surface area contributed by atoms with E-state index in [1.54, 1.807) is 49.6 Å².